The molecule has 1 amide bonds. The molecule has 0 bridgehead atoms. The highest BCUT2D eigenvalue weighted by Crippen LogP contribution is 2.26. The second kappa shape index (κ2) is 13.0. The van der Waals surface area contributed by atoms with Crippen molar-refractivity contribution in [3.8, 4) is 0 Å². The quantitative estimate of drug-likeness (QED) is 0.388. The standard InChI is InChI=1S/C13H18F2N2O2S.C2H2O4/c1-9(8-19-2)16-7-12(18)17-10-3-5-11(6-4-10)20-13(14)15;3-1(4)2(5)6/h3-6,9,13,16H,7-8H2,1-2H3,(H,17,18);(H,3,4)(H,5,6). The van der Waals surface area contributed by atoms with Crippen LogP contribution in [0.3, 0.4) is 0 Å². The van der Waals surface area contributed by atoms with Gasteiger partial charge in [-0.25, -0.2) is 9.59 Å². The molecule has 0 saturated heterocycles. The predicted molar refractivity (Wildman–Crippen MR) is 91.5 cm³/mol. The fourth-order valence-electron chi connectivity index (χ4n) is 1.50. The molecule has 146 valence electrons. The van der Waals surface area contributed by atoms with Gasteiger partial charge in [-0.05, 0) is 31.2 Å². The minimum atomic E-state index is -2.44. The normalized spacial score (nSPS) is 11.3. The molecule has 0 radical (unpaired) electrons. The molecule has 4 N–H and O–H groups in total. The molecule has 26 heavy (non-hydrogen) atoms. The Morgan fingerprint density at radius 1 is 1.15 bits per heavy atom. The van der Waals surface area contributed by atoms with Gasteiger partial charge < -0.3 is 25.6 Å². The molecule has 1 aromatic carbocycles. The van der Waals surface area contributed by atoms with Crippen LogP contribution in [0.2, 0.25) is 0 Å². The van der Waals surface area contributed by atoms with Crippen LogP contribution in [0.15, 0.2) is 29.2 Å². The minimum Gasteiger partial charge on any atom is -0.473 e. The van der Waals surface area contributed by atoms with Crippen LogP contribution < -0.4 is 10.6 Å². The van der Waals surface area contributed by atoms with E-state index >= 15 is 0 Å². The van der Waals surface area contributed by atoms with Crippen molar-refractivity contribution in [3.05, 3.63) is 24.3 Å². The first kappa shape index (κ1) is 23.8. The van der Waals surface area contributed by atoms with Crippen molar-refractivity contribution in [2.75, 3.05) is 25.6 Å². The first-order chi connectivity index (χ1) is 12.1. The van der Waals surface area contributed by atoms with Gasteiger partial charge in [0.15, 0.2) is 0 Å². The van der Waals surface area contributed by atoms with E-state index in [2.05, 4.69) is 10.6 Å². The van der Waals surface area contributed by atoms with E-state index in [-0.39, 0.29) is 18.5 Å². The molecule has 1 rings (SSSR count). The van der Waals surface area contributed by atoms with E-state index in [0.717, 1.165) is 0 Å². The summed E-state index contributed by atoms with van der Waals surface area (Å²) < 4.78 is 29.2. The zero-order valence-corrected chi connectivity index (χ0v) is 14.9. The Morgan fingerprint density at radius 2 is 1.69 bits per heavy atom. The Hall–Kier alpha value is -2.24. The van der Waals surface area contributed by atoms with Crippen molar-refractivity contribution in [2.24, 2.45) is 0 Å². The molecule has 0 heterocycles. The van der Waals surface area contributed by atoms with Crippen molar-refractivity contribution < 1.29 is 38.1 Å². The molecule has 0 fully saturated rings. The first-order valence-corrected chi connectivity index (χ1v) is 8.07. The van der Waals surface area contributed by atoms with Crippen LogP contribution in [-0.2, 0) is 19.1 Å². The molecule has 1 aromatic rings. The number of rotatable bonds is 8. The lowest BCUT2D eigenvalue weighted by Gasteiger charge is -2.12. The van der Waals surface area contributed by atoms with Gasteiger partial charge in [0.1, 0.15) is 0 Å². The highest BCUT2D eigenvalue weighted by Gasteiger charge is 2.07. The van der Waals surface area contributed by atoms with E-state index in [1.807, 2.05) is 6.92 Å². The summed E-state index contributed by atoms with van der Waals surface area (Å²) in [7, 11) is 1.59. The number of hydrogen-bond donors (Lipinski definition) is 4. The van der Waals surface area contributed by atoms with E-state index in [4.69, 9.17) is 24.5 Å². The summed E-state index contributed by atoms with van der Waals surface area (Å²) >= 11 is 0.473. The summed E-state index contributed by atoms with van der Waals surface area (Å²) in [5.74, 6) is -6.28. The van der Waals surface area contributed by atoms with Gasteiger partial charge in [0, 0.05) is 23.7 Å². The van der Waals surface area contributed by atoms with E-state index in [1.165, 1.54) is 0 Å². The van der Waals surface area contributed by atoms with Crippen molar-refractivity contribution >= 4 is 35.3 Å². The zero-order valence-electron chi connectivity index (χ0n) is 14.1. The SMILES string of the molecule is COCC(C)NCC(=O)Nc1ccc(SC(F)F)cc1.O=C(O)C(=O)O. The molecule has 11 heteroatoms. The molecule has 0 aliphatic rings. The molecule has 8 nitrogen and oxygen atoms in total. The number of carboxylic acids is 2. The molecule has 1 unspecified atom stereocenters. The highest BCUT2D eigenvalue weighted by molar-refractivity contribution is 7.99. The lowest BCUT2D eigenvalue weighted by Crippen LogP contribution is -2.36. The van der Waals surface area contributed by atoms with Gasteiger partial charge >= 0.3 is 11.9 Å². The Labute approximate surface area is 152 Å². The number of amides is 1. The Morgan fingerprint density at radius 3 is 2.12 bits per heavy atom. The summed E-state index contributed by atoms with van der Waals surface area (Å²) in [6.45, 7) is 2.60. The van der Waals surface area contributed by atoms with Crippen LogP contribution in [0.4, 0.5) is 14.5 Å². The van der Waals surface area contributed by atoms with Gasteiger partial charge in [-0.15, -0.1) is 0 Å². The third-order valence-electron chi connectivity index (χ3n) is 2.57. The van der Waals surface area contributed by atoms with E-state index < -0.39 is 17.7 Å². The number of nitrogens with one attached hydrogen (secondary N) is 2. The van der Waals surface area contributed by atoms with Gasteiger partial charge in [0.2, 0.25) is 5.91 Å². The number of carbonyl (C=O) groups is 3. The zero-order chi connectivity index (χ0) is 20.1. The Kier molecular flexibility index (Phi) is 11.9. The monoisotopic (exact) mass is 394 g/mol. The van der Waals surface area contributed by atoms with Crippen LogP contribution in [-0.4, -0.2) is 60.1 Å². The van der Waals surface area contributed by atoms with Gasteiger partial charge in [0.25, 0.3) is 5.76 Å². The second-order valence-electron chi connectivity index (χ2n) is 4.80. The Balaban J connectivity index is 0.000000896. The van der Waals surface area contributed by atoms with Crippen molar-refractivity contribution in [2.45, 2.75) is 23.6 Å². The molecule has 0 aliphatic heterocycles. The maximum Gasteiger partial charge on any atom is 0.414 e. The topological polar surface area (TPSA) is 125 Å². The number of carboxylic acid groups (broad SMARTS) is 2. The number of halogens is 2. The fourth-order valence-corrected chi connectivity index (χ4v) is 2.00. The number of thioether (sulfide) groups is 1. The molecular formula is C15H20F2N2O6S. The molecule has 0 aromatic heterocycles. The number of methoxy groups -OCH3 is 1. The number of aliphatic carboxylic acids is 2. The largest absolute Gasteiger partial charge is 0.473 e. The minimum absolute atomic E-state index is 0.0792. The third-order valence-corrected chi connectivity index (χ3v) is 3.30. The van der Waals surface area contributed by atoms with Gasteiger partial charge in [-0.1, -0.05) is 11.8 Å². The molecular weight excluding hydrogens is 374 g/mol. The molecule has 0 aliphatic carbocycles. The number of ether oxygens (including phenoxy) is 1. The van der Waals surface area contributed by atoms with E-state index in [9.17, 15) is 13.6 Å². The molecule has 1 atom stereocenters. The van der Waals surface area contributed by atoms with Crippen molar-refractivity contribution in [1.29, 1.82) is 0 Å². The maximum atomic E-state index is 12.1. The second-order valence-corrected chi connectivity index (χ2v) is 5.86. The number of carbonyl (C=O) groups excluding carboxylic acids is 1. The number of anilines is 1. The van der Waals surface area contributed by atoms with Crippen LogP contribution in [0.1, 0.15) is 6.92 Å². The molecule has 0 spiro atoms. The van der Waals surface area contributed by atoms with Crippen LogP contribution in [0.5, 0.6) is 0 Å². The third kappa shape index (κ3) is 12.2. The van der Waals surface area contributed by atoms with Crippen molar-refractivity contribution in [1.82, 2.24) is 5.32 Å². The summed E-state index contributed by atoms with van der Waals surface area (Å²) in [4.78, 5) is 30.3. The van der Waals surface area contributed by atoms with Crippen LogP contribution in [0, 0.1) is 0 Å². The van der Waals surface area contributed by atoms with Gasteiger partial charge in [-0.3, -0.25) is 4.79 Å². The number of alkyl halides is 2. The lowest BCUT2D eigenvalue weighted by molar-refractivity contribution is -0.159. The highest BCUT2D eigenvalue weighted by atomic mass is 32.2. The summed E-state index contributed by atoms with van der Waals surface area (Å²) in [5, 5.41) is 20.5. The average Bonchev–Trinajstić information content (AvgIpc) is 2.55. The van der Waals surface area contributed by atoms with E-state index in [1.54, 1.807) is 31.4 Å². The van der Waals surface area contributed by atoms with E-state index in [0.29, 0.717) is 29.0 Å². The van der Waals surface area contributed by atoms with Gasteiger partial charge in [0.05, 0.1) is 13.2 Å². The molecule has 0 saturated carbocycles. The smallest absolute Gasteiger partial charge is 0.414 e. The van der Waals surface area contributed by atoms with Gasteiger partial charge in [-0.2, -0.15) is 8.78 Å². The lowest BCUT2D eigenvalue weighted by atomic mass is 10.3. The fraction of sp³-hybridized carbons (Fsp3) is 0.400. The predicted octanol–water partition coefficient (Wildman–Crippen LogP) is 1.72. The summed E-state index contributed by atoms with van der Waals surface area (Å²) in [6, 6.07) is 6.37. The van der Waals surface area contributed by atoms with Crippen LogP contribution in [0.25, 0.3) is 0 Å². The van der Waals surface area contributed by atoms with Crippen LogP contribution >= 0.6 is 11.8 Å². The average molecular weight is 394 g/mol. The maximum absolute atomic E-state index is 12.1. The summed E-state index contributed by atoms with van der Waals surface area (Å²) in [6.07, 6.45) is 0. The number of benzene rings is 1. The Bertz CT molecular complexity index is 574. The summed E-state index contributed by atoms with van der Waals surface area (Å²) in [5.41, 5.74) is 0.579. The van der Waals surface area contributed by atoms with Crippen molar-refractivity contribution in [3.63, 3.8) is 0 Å². The first-order valence-electron chi connectivity index (χ1n) is 7.19. The number of hydrogen-bond acceptors (Lipinski definition) is 6.